The number of hydrogen-bond donors (Lipinski definition) is 0. The normalized spacial score (nSPS) is 10.6. The van der Waals surface area contributed by atoms with Crippen LogP contribution in [0.25, 0.3) is 67.5 Å². The van der Waals surface area contributed by atoms with Crippen LogP contribution in [0.4, 0.5) is 0 Å². The molecule has 0 aliphatic carbocycles. The van der Waals surface area contributed by atoms with Gasteiger partial charge in [0, 0.05) is 16.7 Å². The van der Waals surface area contributed by atoms with E-state index >= 15 is 0 Å². The fourth-order valence-corrected chi connectivity index (χ4v) is 6.06. The lowest BCUT2D eigenvalue weighted by atomic mass is 9.93. The standard InChI is InChI=1S/C47H29N5O/c48-30-32-11-15-34(16-12-32)40-27-41(35-17-13-33(31-49)14-18-35)29-42(28-40)36-19-23-43(24-20-36)53-44-25-21-39(22-26-44)47-51-45(37-7-3-1-4-8-37)50-46(52-47)38-9-5-2-6-10-38/h1-29H. The summed E-state index contributed by atoms with van der Waals surface area (Å²) in [5.41, 5.74) is 10.0. The average Bonchev–Trinajstić information content (AvgIpc) is 3.24. The first-order valence-electron chi connectivity index (χ1n) is 17.0. The minimum absolute atomic E-state index is 0.581. The van der Waals surface area contributed by atoms with Gasteiger partial charge in [0.15, 0.2) is 17.5 Å². The Morgan fingerprint density at radius 3 is 0.962 bits per heavy atom. The second-order valence-corrected chi connectivity index (χ2v) is 12.4. The van der Waals surface area contributed by atoms with Crippen LogP contribution in [-0.4, -0.2) is 15.0 Å². The zero-order chi connectivity index (χ0) is 36.0. The van der Waals surface area contributed by atoms with Gasteiger partial charge in [-0.25, -0.2) is 15.0 Å². The van der Waals surface area contributed by atoms with E-state index in [2.05, 4.69) is 30.3 Å². The van der Waals surface area contributed by atoms with Gasteiger partial charge in [0.05, 0.1) is 23.3 Å². The predicted molar refractivity (Wildman–Crippen MR) is 208 cm³/mol. The van der Waals surface area contributed by atoms with E-state index in [9.17, 15) is 10.5 Å². The summed E-state index contributed by atoms with van der Waals surface area (Å²) in [6.07, 6.45) is 0. The Labute approximate surface area is 307 Å². The molecule has 1 heterocycles. The Hall–Kier alpha value is -7.67. The van der Waals surface area contributed by atoms with Gasteiger partial charge in [0.25, 0.3) is 0 Å². The van der Waals surface area contributed by atoms with Crippen LogP contribution in [0.1, 0.15) is 11.1 Å². The summed E-state index contributed by atoms with van der Waals surface area (Å²) >= 11 is 0. The summed E-state index contributed by atoms with van der Waals surface area (Å²) in [5, 5.41) is 18.6. The molecule has 0 radical (unpaired) electrons. The summed E-state index contributed by atoms with van der Waals surface area (Å²) in [6, 6.07) is 61.6. The SMILES string of the molecule is N#Cc1ccc(-c2cc(-c3ccc(C#N)cc3)cc(-c3ccc(Oc4ccc(-c5nc(-c6ccccc6)nc(-c6ccccc6)n5)cc4)cc3)c2)cc1. The molecule has 8 rings (SSSR count). The molecule has 0 unspecified atom stereocenters. The first-order chi connectivity index (χ1) is 26.1. The van der Waals surface area contributed by atoms with Gasteiger partial charge in [-0.05, 0) is 112 Å². The minimum Gasteiger partial charge on any atom is -0.457 e. The van der Waals surface area contributed by atoms with Crippen LogP contribution >= 0.6 is 0 Å². The van der Waals surface area contributed by atoms with Crippen molar-refractivity contribution >= 4 is 0 Å². The lowest BCUT2D eigenvalue weighted by molar-refractivity contribution is 0.483. The maximum Gasteiger partial charge on any atom is 0.164 e. The highest BCUT2D eigenvalue weighted by molar-refractivity contribution is 5.81. The molecule has 0 saturated carbocycles. The molecular weight excluding hydrogens is 651 g/mol. The molecule has 53 heavy (non-hydrogen) atoms. The Bertz CT molecular complexity index is 2470. The van der Waals surface area contributed by atoms with Crippen molar-refractivity contribution in [3.05, 3.63) is 187 Å². The van der Waals surface area contributed by atoms with Crippen LogP contribution in [-0.2, 0) is 0 Å². The fraction of sp³-hybridized carbons (Fsp3) is 0. The largest absolute Gasteiger partial charge is 0.457 e. The molecule has 8 aromatic rings. The van der Waals surface area contributed by atoms with E-state index in [4.69, 9.17) is 19.7 Å². The smallest absolute Gasteiger partial charge is 0.164 e. The van der Waals surface area contributed by atoms with Gasteiger partial charge in [-0.3, -0.25) is 0 Å². The minimum atomic E-state index is 0.581. The van der Waals surface area contributed by atoms with E-state index in [0.29, 0.717) is 40.1 Å². The zero-order valence-electron chi connectivity index (χ0n) is 28.4. The molecule has 7 aromatic carbocycles. The van der Waals surface area contributed by atoms with Gasteiger partial charge in [0.2, 0.25) is 0 Å². The predicted octanol–water partition coefficient (Wildman–Crippen LogP) is 11.4. The van der Waals surface area contributed by atoms with Crippen LogP contribution in [0.2, 0.25) is 0 Å². The highest BCUT2D eigenvalue weighted by Gasteiger charge is 2.13. The highest BCUT2D eigenvalue weighted by Crippen LogP contribution is 2.35. The Morgan fingerprint density at radius 1 is 0.321 bits per heavy atom. The van der Waals surface area contributed by atoms with Gasteiger partial charge in [-0.1, -0.05) is 97.1 Å². The second-order valence-electron chi connectivity index (χ2n) is 12.4. The molecule has 6 nitrogen and oxygen atoms in total. The average molecular weight is 680 g/mol. The molecule has 0 aliphatic heterocycles. The third kappa shape index (κ3) is 7.30. The molecule has 0 N–H and O–H groups in total. The monoisotopic (exact) mass is 679 g/mol. The van der Waals surface area contributed by atoms with Gasteiger partial charge >= 0.3 is 0 Å². The summed E-state index contributed by atoms with van der Waals surface area (Å²) in [4.78, 5) is 14.4. The van der Waals surface area contributed by atoms with Crippen LogP contribution in [0.5, 0.6) is 11.5 Å². The molecule has 0 saturated heterocycles. The van der Waals surface area contributed by atoms with Crippen LogP contribution in [0.3, 0.4) is 0 Å². The summed E-state index contributed by atoms with van der Waals surface area (Å²) in [5.74, 6) is 3.20. The van der Waals surface area contributed by atoms with Crippen molar-refractivity contribution in [2.24, 2.45) is 0 Å². The van der Waals surface area contributed by atoms with E-state index in [1.54, 1.807) is 0 Å². The Morgan fingerprint density at radius 2 is 0.623 bits per heavy atom. The number of nitriles is 2. The molecule has 0 spiro atoms. The fourth-order valence-electron chi connectivity index (χ4n) is 6.06. The molecule has 0 atom stereocenters. The molecular formula is C47H29N5O. The Balaban J connectivity index is 1.06. The number of rotatable bonds is 8. The third-order valence-electron chi connectivity index (χ3n) is 8.86. The van der Waals surface area contributed by atoms with Crippen molar-refractivity contribution in [1.82, 2.24) is 15.0 Å². The van der Waals surface area contributed by atoms with Gasteiger partial charge in [-0.15, -0.1) is 0 Å². The van der Waals surface area contributed by atoms with E-state index < -0.39 is 0 Å². The molecule has 0 fully saturated rings. The van der Waals surface area contributed by atoms with Crippen molar-refractivity contribution in [1.29, 1.82) is 10.5 Å². The molecule has 248 valence electrons. The van der Waals surface area contributed by atoms with Gasteiger partial charge < -0.3 is 4.74 Å². The molecule has 1 aromatic heterocycles. The lowest BCUT2D eigenvalue weighted by Gasteiger charge is -2.12. The molecule has 6 heteroatoms. The van der Waals surface area contributed by atoms with E-state index in [1.807, 2.05) is 158 Å². The third-order valence-corrected chi connectivity index (χ3v) is 8.86. The zero-order valence-corrected chi connectivity index (χ0v) is 28.4. The molecule has 0 amide bonds. The number of hydrogen-bond acceptors (Lipinski definition) is 6. The number of aromatic nitrogens is 3. The van der Waals surface area contributed by atoms with Crippen molar-refractivity contribution < 1.29 is 4.74 Å². The molecule has 0 bridgehead atoms. The van der Waals surface area contributed by atoms with E-state index in [1.165, 1.54) is 0 Å². The van der Waals surface area contributed by atoms with Crippen molar-refractivity contribution in [2.45, 2.75) is 0 Å². The van der Waals surface area contributed by atoms with Crippen LogP contribution < -0.4 is 4.74 Å². The summed E-state index contributed by atoms with van der Waals surface area (Å²) < 4.78 is 6.27. The van der Waals surface area contributed by atoms with Crippen molar-refractivity contribution in [2.75, 3.05) is 0 Å². The lowest BCUT2D eigenvalue weighted by Crippen LogP contribution is -2.00. The second kappa shape index (κ2) is 14.7. The highest BCUT2D eigenvalue weighted by atomic mass is 16.5. The topological polar surface area (TPSA) is 95.5 Å². The number of nitrogens with zero attached hydrogens (tertiary/aromatic N) is 5. The first-order valence-corrected chi connectivity index (χ1v) is 17.0. The first kappa shape index (κ1) is 32.5. The Kier molecular flexibility index (Phi) is 9.00. The number of benzene rings is 7. The van der Waals surface area contributed by atoms with E-state index in [-0.39, 0.29) is 0 Å². The van der Waals surface area contributed by atoms with Crippen molar-refractivity contribution in [3.8, 4) is 91.2 Å². The van der Waals surface area contributed by atoms with Crippen LogP contribution in [0, 0.1) is 22.7 Å². The van der Waals surface area contributed by atoms with E-state index in [0.717, 1.165) is 50.1 Å². The molecule has 0 aliphatic rings. The van der Waals surface area contributed by atoms with Gasteiger partial charge in [0.1, 0.15) is 11.5 Å². The van der Waals surface area contributed by atoms with Crippen LogP contribution in [0.15, 0.2) is 176 Å². The maximum atomic E-state index is 9.30. The number of ether oxygens (including phenoxy) is 1. The summed E-state index contributed by atoms with van der Waals surface area (Å²) in [6.45, 7) is 0. The van der Waals surface area contributed by atoms with Gasteiger partial charge in [-0.2, -0.15) is 10.5 Å². The maximum absolute atomic E-state index is 9.30. The summed E-state index contributed by atoms with van der Waals surface area (Å²) in [7, 11) is 0. The van der Waals surface area contributed by atoms with Crippen molar-refractivity contribution in [3.63, 3.8) is 0 Å². The quantitative estimate of drug-likeness (QED) is 0.159.